The zero-order valence-electron chi connectivity index (χ0n) is 10.2. The van der Waals surface area contributed by atoms with Crippen molar-refractivity contribution >= 4 is 11.8 Å². The first-order chi connectivity index (χ1) is 8.04. The van der Waals surface area contributed by atoms with E-state index in [1.807, 2.05) is 6.92 Å². The fourth-order valence-electron chi connectivity index (χ4n) is 1.27. The number of hydrogen-bond donors (Lipinski definition) is 0. The summed E-state index contributed by atoms with van der Waals surface area (Å²) < 4.78 is 5.02. The van der Waals surface area contributed by atoms with Gasteiger partial charge in [-0.25, -0.2) is 4.79 Å². The van der Waals surface area contributed by atoms with E-state index in [2.05, 4.69) is 6.58 Å². The summed E-state index contributed by atoms with van der Waals surface area (Å²) in [6.07, 6.45) is 1.36. The lowest BCUT2D eigenvalue weighted by atomic mass is 10.1. The van der Waals surface area contributed by atoms with Crippen LogP contribution in [-0.4, -0.2) is 11.8 Å². The average Bonchev–Trinajstić information content (AvgIpc) is 2.30. The van der Waals surface area contributed by atoms with Crippen molar-refractivity contribution in [3.05, 3.63) is 42.0 Å². The molecule has 0 aliphatic rings. The second-order valence-electron chi connectivity index (χ2n) is 3.87. The van der Waals surface area contributed by atoms with E-state index in [0.717, 1.165) is 6.42 Å². The predicted octanol–water partition coefficient (Wildman–Crippen LogP) is 3.15. The smallest absolute Gasteiger partial charge is 0.338 e. The molecule has 0 N–H and O–H groups in total. The molecule has 0 bridgehead atoms. The van der Waals surface area contributed by atoms with Crippen LogP contribution in [0, 0.1) is 0 Å². The number of rotatable bonds is 5. The normalized spacial score (nSPS) is 9.76. The molecule has 0 atom stereocenters. The Bertz CT molecular complexity index is 429. The summed E-state index contributed by atoms with van der Waals surface area (Å²) in [5.41, 5.74) is 0.984. The van der Waals surface area contributed by atoms with Gasteiger partial charge in [0.05, 0.1) is 0 Å². The SMILES string of the molecule is C=C(C)C(=O)Oc1ccc(C(=O)CCC)cc1. The molecule has 0 spiro atoms. The Morgan fingerprint density at radius 3 is 2.29 bits per heavy atom. The maximum absolute atomic E-state index is 11.6. The van der Waals surface area contributed by atoms with E-state index in [1.165, 1.54) is 0 Å². The van der Waals surface area contributed by atoms with Gasteiger partial charge in [-0.05, 0) is 37.6 Å². The van der Waals surface area contributed by atoms with Gasteiger partial charge >= 0.3 is 5.97 Å². The zero-order chi connectivity index (χ0) is 12.8. The molecule has 0 radical (unpaired) electrons. The van der Waals surface area contributed by atoms with Crippen LogP contribution in [-0.2, 0) is 4.79 Å². The molecule has 0 aromatic heterocycles. The van der Waals surface area contributed by atoms with Crippen LogP contribution < -0.4 is 4.74 Å². The van der Waals surface area contributed by atoms with Crippen LogP contribution in [0.25, 0.3) is 0 Å². The van der Waals surface area contributed by atoms with Gasteiger partial charge in [0.25, 0.3) is 0 Å². The third-order valence-corrected chi connectivity index (χ3v) is 2.21. The minimum atomic E-state index is -0.461. The topological polar surface area (TPSA) is 43.4 Å². The molecule has 0 aliphatic carbocycles. The first-order valence-corrected chi connectivity index (χ1v) is 5.55. The highest BCUT2D eigenvalue weighted by atomic mass is 16.5. The second kappa shape index (κ2) is 5.99. The van der Waals surface area contributed by atoms with Crippen molar-refractivity contribution in [2.24, 2.45) is 0 Å². The third-order valence-electron chi connectivity index (χ3n) is 2.21. The van der Waals surface area contributed by atoms with Gasteiger partial charge in [0.1, 0.15) is 5.75 Å². The Kier molecular flexibility index (Phi) is 4.64. The van der Waals surface area contributed by atoms with Crippen LogP contribution in [0.1, 0.15) is 37.0 Å². The van der Waals surface area contributed by atoms with Crippen LogP contribution >= 0.6 is 0 Å². The molecule has 0 saturated carbocycles. The van der Waals surface area contributed by atoms with Crippen LogP contribution in [0.2, 0.25) is 0 Å². The quantitative estimate of drug-likeness (QED) is 0.339. The van der Waals surface area contributed by atoms with E-state index >= 15 is 0 Å². The standard InChI is InChI=1S/C14H16O3/c1-4-5-13(15)11-6-8-12(9-7-11)17-14(16)10(2)3/h6-9H,2,4-5H2,1,3H3. The van der Waals surface area contributed by atoms with Crippen LogP contribution in [0.4, 0.5) is 0 Å². The van der Waals surface area contributed by atoms with Crippen molar-refractivity contribution in [2.45, 2.75) is 26.7 Å². The molecule has 3 heteroatoms. The number of Topliss-reactive ketones (excluding diaryl/α,β-unsaturated/α-hetero) is 1. The molecular formula is C14H16O3. The number of esters is 1. The average molecular weight is 232 g/mol. The lowest BCUT2D eigenvalue weighted by molar-refractivity contribution is -0.130. The van der Waals surface area contributed by atoms with Gasteiger partial charge in [0.15, 0.2) is 5.78 Å². The van der Waals surface area contributed by atoms with Crippen molar-refractivity contribution in [3.8, 4) is 5.75 Å². The van der Waals surface area contributed by atoms with Crippen LogP contribution in [0.5, 0.6) is 5.75 Å². The third kappa shape index (κ3) is 3.87. The van der Waals surface area contributed by atoms with Crippen LogP contribution in [0.15, 0.2) is 36.4 Å². The molecule has 17 heavy (non-hydrogen) atoms. The molecule has 3 nitrogen and oxygen atoms in total. The molecule has 0 fully saturated rings. The summed E-state index contributed by atoms with van der Waals surface area (Å²) in [6.45, 7) is 7.04. The summed E-state index contributed by atoms with van der Waals surface area (Å²) in [4.78, 5) is 22.8. The molecule has 1 aromatic carbocycles. The summed E-state index contributed by atoms with van der Waals surface area (Å²) >= 11 is 0. The largest absolute Gasteiger partial charge is 0.423 e. The Morgan fingerprint density at radius 2 is 1.82 bits per heavy atom. The van der Waals surface area contributed by atoms with E-state index in [1.54, 1.807) is 31.2 Å². The summed E-state index contributed by atoms with van der Waals surface area (Å²) in [5, 5.41) is 0. The number of ketones is 1. The van der Waals surface area contributed by atoms with Gasteiger partial charge in [0, 0.05) is 17.6 Å². The predicted molar refractivity (Wildman–Crippen MR) is 66.1 cm³/mol. The number of carbonyl (C=O) groups excluding carboxylic acids is 2. The van der Waals surface area contributed by atoms with Gasteiger partial charge in [-0.15, -0.1) is 0 Å². The molecule has 0 unspecified atom stereocenters. The fraction of sp³-hybridized carbons (Fsp3) is 0.286. The first kappa shape index (κ1) is 13.2. The maximum Gasteiger partial charge on any atom is 0.338 e. The molecule has 0 amide bonds. The molecule has 0 heterocycles. The van der Waals surface area contributed by atoms with Gasteiger partial charge in [-0.3, -0.25) is 4.79 Å². The molecule has 0 saturated heterocycles. The van der Waals surface area contributed by atoms with E-state index in [9.17, 15) is 9.59 Å². The molecule has 1 aromatic rings. The Labute approximate surface area is 101 Å². The van der Waals surface area contributed by atoms with Gasteiger partial charge in [-0.1, -0.05) is 13.5 Å². The summed E-state index contributed by atoms with van der Waals surface area (Å²) in [5.74, 6) is 0.0639. The summed E-state index contributed by atoms with van der Waals surface area (Å²) in [7, 11) is 0. The minimum absolute atomic E-state index is 0.102. The maximum atomic E-state index is 11.6. The lowest BCUT2D eigenvalue weighted by Gasteiger charge is -2.04. The molecular weight excluding hydrogens is 216 g/mol. The van der Waals surface area contributed by atoms with Crippen molar-refractivity contribution in [1.82, 2.24) is 0 Å². The van der Waals surface area contributed by atoms with Crippen molar-refractivity contribution in [1.29, 1.82) is 0 Å². The van der Waals surface area contributed by atoms with E-state index in [4.69, 9.17) is 4.74 Å². The van der Waals surface area contributed by atoms with Gasteiger partial charge < -0.3 is 4.74 Å². The van der Waals surface area contributed by atoms with Crippen molar-refractivity contribution < 1.29 is 14.3 Å². The second-order valence-corrected chi connectivity index (χ2v) is 3.87. The first-order valence-electron chi connectivity index (χ1n) is 5.55. The number of hydrogen-bond acceptors (Lipinski definition) is 3. The van der Waals surface area contributed by atoms with Crippen LogP contribution in [0.3, 0.4) is 0 Å². The van der Waals surface area contributed by atoms with E-state index in [0.29, 0.717) is 23.3 Å². The minimum Gasteiger partial charge on any atom is -0.423 e. The van der Waals surface area contributed by atoms with Crippen molar-refractivity contribution in [2.75, 3.05) is 0 Å². The highest BCUT2D eigenvalue weighted by Gasteiger charge is 2.07. The number of carbonyl (C=O) groups is 2. The molecule has 90 valence electrons. The van der Waals surface area contributed by atoms with Gasteiger partial charge in [0.2, 0.25) is 0 Å². The Hall–Kier alpha value is -1.90. The van der Waals surface area contributed by atoms with Crippen molar-refractivity contribution in [3.63, 3.8) is 0 Å². The van der Waals surface area contributed by atoms with E-state index < -0.39 is 5.97 Å². The number of benzene rings is 1. The Morgan fingerprint density at radius 1 is 1.24 bits per heavy atom. The Balaban J connectivity index is 2.71. The highest BCUT2D eigenvalue weighted by molar-refractivity contribution is 5.96. The monoisotopic (exact) mass is 232 g/mol. The molecule has 1 rings (SSSR count). The summed E-state index contributed by atoms with van der Waals surface area (Å²) in [6, 6.07) is 6.56. The molecule has 0 aliphatic heterocycles. The van der Waals surface area contributed by atoms with Gasteiger partial charge in [-0.2, -0.15) is 0 Å². The lowest BCUT2D eigenvalue weighted by Crippen LogP contribution is -2.08. The number of ether oxygens (including phenoxy) is 1. The zero-order valence-corrected chi connectivity index (χ0v) is 10.2. The van der Waals surface area contributed by atoms with E-state index in [-0.39, 0.29) is 5.78 Å². The fourth-order valence-corrected chi connectivity index (χ4v) is 1.27. The highest BCUT2D eigenvalue weighted by Crippen LogP contribution is 2.15.